The molecule has 0 atom stereocenters. The number of rotatable bonds is 3. The van der Waals surface area contributed by atoms with E-state index < -0.39 is 0 Å². The van der Waals surface area contributed by atoms with E-state index in [1.807, 2.05) is 19.2 Å². The van der Waals surface area contributed by atoms with E-state index in [9.17, 15) is 0 Å². The third kappa shape index (κ3) is 2.21. The molecule has 0 N–H and O–H groups in total. The van der Waals surface area contributed by atoms with Crippen LogP contribution in [0.5, 0.6) is 0 Å². The maximum absolute atomic E-state index is 5.05. The fraction of sp³-hybridized carbons (Fsp3) is 0.250. The molecule has 3 aromatic rings. The number of hydrogen-bond acceptors (Lipinski definition) is 6. The van der Waals surface area contributed by atoms with Crippen molar-refractivity contribution in [3.05, 3.63) is 38.4 Å². The minimum Gasteiger partial charge on any atom is -0.361 e. The second-order valence-electron chi connectivity index (χ2n) is 3.96. The molecular weight excluding hydrogens is 266 g/mol. The molecule has 0 unspecified atom stereocenters. The van der Waals surface area contributed by atoms with E-state index in [1.165, 1.54) is 0 Å². The Bertz CT molecular complexity index is 668. The molecule has 4 nitrogen and oxygen atoms in total. The maximum atomic E-state index is 5.05. The van der Waals surface area contributed by atoms with Gasteiger partial charge in [0.15, 0.2) is 0 Å². The zero-order valence-electron chi connectivity index (χ0n) is 10.0. The van der Waals surface area contributed by atoms with E-state index in [0.29, 0.717) is 0 Å². The summed E-state index contributed by atoms with van der Waals surface area (Å²) in [5, 5.41) is 10.1. The molecule has 6 heteroatoms. The molecule has 0 saturated heterocycles. The summed E-state index contributed by atoms with van der Waals surface area (Å²) in [6.07, 6.45) is 2.50. The van der Waals surface area contributed by atoms with Crippen LogP contribution in [0, 0.1) is 13.8 Å². The average Bonchev–Trinajstić information content (AvgIpc) is 3.02. The number of nitrogens with zero attached hydrogens (tertiary/aromatic N) is 3. The van der Waals surface area contributed by atoms with Crippen LogP contribution in [0.2, 0.25) is 0 Å². The van der Waals surface area contributed by atoms with Crippen molar-refractivity contribution < 1.29 is 4.52 Å². The second-order valence-corrected chi connectivity index (χ2v) is 5.96. The van der Waals surface area contributed by atoms with E-state index in [1.54, 1.807) is 28.9 Å². The molecule has 0 aliphatic heterocycles. The van der Waals surface area contributed by atoms with Gasteiger partial charge in [-0.1, -0.05) is 5.16 Å². The summed E-state index contributed by atoms with van der Waals surface area (Å²) in [5.41, 5.74) is 2.98. The van der Waals surface area contributed by atoms with Crippen LogP contribution in [0.1, 0.15) is 21.5 Å². The Balaban J connectivity index is 1.84. The zero-order chi connectivity index (χ0) is 12.5. The monoisotopic (exact) mass is 277 g/mol. The van der Waals surface area contributed by atoms with Crippen LogP contribution in [0.15, 0.2) is 21.5 Å². The molecule has 0 bridgehead atoms. The van der Waals surface area contributed by atoms with Crippen LogP contribution in [-0.4, -0.2) is 15.1 Å². The van der Waals surface area contributed by atoms with Gasteiger partial charge in [0.25, 0.3) is 0 Å². The largest absolute Gasteiger partial charge is 0.361 e. The smallest absolute Gasteiger partial charge is 0.143 e. The van der Waals surface area contributed by atoms with Crippen molar-refractivity contribution in [2.75, 3.05) is 0 Å². The van der Waals surface area contributed by atoms with Gasteiger partial charge in [0.2, 0.25) is 0 Å². The molecule has 0 aromatic carbocycles. The van der Waals surface area contributed by atoms with Gasteiger partial charge < -0.3 is 4.52 Å². The summed E-state index contributed by atoms with van der Waals surface area (Å²) in [7, 11) is 0. The molecule has 3 aromatic heterocycles. The zero-order valence-corrected chi connectivity index (χ0v) is 11.6. The highest BCUT2D eigenvalue weighted by Gasteiger charge is 2.11. The first-order valence-corrected chi connectivity index (χ1v) is 7.25. The lowest BCUT2D eigenvalue weighted by atomic mass is 10.2. The van der Waals surface area contributed by atoms with Crippen LogP contribution >= 0.6 is 22.7 Å². The Hall–Kier alpha value is -1.53. The molecule has 0 aliphatic carbocycles. The summed E-state index contributed by atoms with van der Waals surface area (Å²) in [4.78, 5) is 9.05. The summed E-state index contributed by atoms with van der Waals surface area (Å²) in [6, 6.07) is 0. The van der Waals surface area contributed by atoms with E-state index in [-0.39, 0.29) is 0 Å². The number of thiazole rings is 2. The highest BCUT2D eigenvalue weighted by Crippen LogP contribution is 2.26. The maximum Gasteiger partial charge on any atom is 0.143 e. The van der Waals surface area contributed by atoms with Gasteiger partial charge in [0.1, 0.15) is 5.76 Å². The van der Waals surface area contributed by atoms with E-state index >= 15 is 0 Å². The van der Waals surface area contributed by atoms with Crippen molar-refractivity contribution in [3.63, 3.8) is 0 Å². The molecule has 18 heavy (non-hydrogen) atoms. The minimum absolute atomic E-state index is 0.791. The number of hydrogen-bond donors (Lipinski definition) is 0. The van der Waals surface area contributed by atoms with Crippen molar-refractivity contribution in [1.29, 1.82) is 0 Å². The quantitative estimate of drug-likeness (QED) is 0.735. The summed E-state index contributed by atoms with van der Waals surface area (Å²) in [5.74, 6) is 0.802. The lowest BCUT2D eigenvalue weighted by molar-refractivity contribution is 0.398. The lowest BCUT2D eigenvalue weighted by Gasteiger charge is -1.91. The SMILES string of the molecule is Cc1nc(Cc2nc(-c3cnoc3C)cs2)cs1. The first kappa shape index (κ1) is 11.6. The topological polar surface area (TPSA) is 51.8 Å². The molecule has 3 rings (SSSR count). The van der Waals surface area contributed by atoms with Crippen molar-refractivity contribution in [1.82, 2.24) is 15.1 Å². The second kappa shape index (κ2) is 4.62. The minimum atomic E-state index is 0.791. The molecule has 3 heterocycles. The van der Waals surface area contributed by atoms with E-state index in [4.69, 9.17) is 4.52 Å². The van der Waals surface area contributed by atoms with E-state index in [2.05, 4.69) is 20.5 Å². The predicted molar refractivity (Wildman–Crippen MR) is 72.0 cm³/mol. The Kier molecular flexibility index (Phi) is 2.97. The van der Waals surface area contributed by atoms with Crippen LogP contribution < -0.4 is 0 Å². The third-order valence-electron chi connectivity index (χ3n) is 2.58. The molecule has 0 spiro atoms. The predicted octanol–water partition coefficient (Wildman–Crippen LogP) is 3.46. The standard InChI is InChI=1S/C12H11N3OS2/c1-7-10(4-13-16-7)11-6-18-12(15-11)3-9-5-17-8(2)14-9/h4-6H,3H2,1-2H3. The van der Waals surface area contributed by atoms with Gasteiger partial charge in [-0.25, -0.2) is 9.97 Å². The normalized spacial score (nSPS) is 11.0. The van der Waals surface area contributed by atoms with Crippen LogP contribution in [0.3, 0.4) is 0 Å². The molecular formula is C12H11N3OS2. The first-order valence-electron chi connectivity index (χ1n) is 5.49. The fourth-order valence-electron chi connectivity index (χ4n) is 1.70. The van der Waals surface area contributed by atoms with E-state index in [0.717, 1.165) is 39.1 Å². The van der Waals surface area contributed by atoms with Crippen molar-refractivity contribution >= 4 is 22.7 Å². The van der Waals surface area contributed by atoms with Gasteiger partial charge in [0, 0.05) is 17.2 Å². The molecule has 92 valence electrons. The lowest BCUT2D eigenvalue weighted by Crippen LogP contribution is -1.88. The average molecular weight is 277 g/mol. The molecule has 0 fully saturated rings. The summed E-state index contributed by atoms with van der Waals surface area (Å²) >= 11 is 3.32. The Morgan fingerprint density at radius 3 is 2.72 bits per heavy atom. The van der Waals surface area contributed by atoms with Gasteiger partial charge in [0.05, 0.1) is 33.2 Å². The first-order chi connectivity index (χ1) is 8.72. The van der Waals surface area contributed by atoms with Gasteiger partial charge in [-0.2, -0.15) is 0 Å². The van der Waals surface area contributed by atoms with Crippen molar-refractivity contribution in [2.45, 2.75) is 20.3 Å². The number of aryl methyl sites for hydroxylation is 2. The number of aromatic nitrogens is 3. The van der Waals surface area contributed by atoms with Crippen molar-refractivity contribution in [3.8, 4) is 11.3 Å². The molecule has 0 radical (unpaired) electrons. The Morgan fingerprint density at radius 2 is 2.06 bits per heavy atom. The van der Waals surface area contributed by atoms with Gasteiger partial charge >= 0.3 is 0 Å². The Morgan fingerprint density at radius 1 is 1.17 bits per heavy atom. The van der Waals surface area contributed by atoms with Gasteiger partial charge in [-0.15, -0.1) is 22.7 Å². The summed E-state index contributed by atoms with van der Waals surface area (Å²) < 4.78 is 5.05. The van der Waals surface area contributed by atoms with Crippen LogP contribution in [0.4, 0.5) is 0 Å². The Labute approximate surface area is 112 Å². The van der Waals surface area contributed by atoms with Gasteiger partial charge in [-0.3, -0.25) is 0 Å². The highest BCUT2D eigenvalue weighted by molar-refractivity contribution is 7.10. The third-order valence-corrected chi connectivity index (χ3v) is 4.25. The molecule has 0 aliphatic rings. The summed E-state index contributed by atoms with van der Waals surface area (Å²) in [6.45, 7) is 3.91. The molecule has 0 amide bonds. The fourth-order valence-corrected chi connectivity index (χ4v) is 3.13. The van der Waals surface area contributed by atoms with Crippen molar-refractivity contribution in [2.24, 2.45) is 0 Å². The van der Waals surface area contributed by atoms with Gasteiger partial charge in [-0.05, 0) is 13.8 Å². The van der Waals surface area contributed by atoms with Crippen LogP contribution in [-0.2, 0) is 6.42 Å². The highest BCUT2D eigenvalue weighted by atomic mass is 32.1. The van der Waals surface area contributed by atoms with Crippen LogP contribution in [0.25, 0.3) is 11.3 Å². The molecule has 0 saturated carbocycles.